The molecule has 4 aromatic rings. The summed E-state index contributed by atoms with van der Waals surface area (Å²) in [5, 5.41) is 2.98. The Balaban J connectivity index is 1.43. The van der Waals surface area contributed by atoms with E-state index in [4.69, 9.17) is 8.83 Å². The van der Waals surface area contributed by atoms with Crippen LogP contribution in [-0.2, 0) is 30.7 Å². The number of amides is 1. The van der Waals surface area contributed by atoms with Gasteiger partial charge in [0.1, 0.15) is 11.5 Å². The van der Waals surface area contributed by atoms with Crippen molar-refractivity contribution in [2.75, 3.05) is 0 Å². The number of aromatic nitrogens is 1. The Morgan fingerprint density at radius 3 is 2.21 bits per heavy atom. The summed E-state index contributed by atoms with van der Waals surface area (Å²) < 4.78 is 10.8. The molecule has 0 aliphatic carbocycles. The van der Waals surface area contributed by atoms with Gasteiger partial charge in [-0.2, -0.15) is 0 Å². The number of benzene rings is 1. The molecule has 0 fully saturated rings. The number of carbonyl (C=O) groups is 1. The molecule has 4 rings (SSSR count). The Labute approximate surface area is 167 Å². The van der Waals surface area contributed by atoms with Gasteiger partial charge in [-0.3, -0.25) is 4.79 Å². The lowest BCUT2D eigenvalue weighted by Gasteiger charge is -2.20. The van der Waals surface area contributed by atoms with Crippen LogP contribution in [0, 0.1) is 0 Å². The quantitative estimate of drug-likeness (QED) is 0.436. The lowest BCUT2D eigenvalue weighted by atomic mass is 10.2. The van der Waals surface area contributed by atoms with E-state index in [9.17, 15) is 4.79 Å². The summed E-state index contributed by atoms with van der Waals surface area (Å²) in [6.45, 7) is 0.793. The minimum atomic E-state index is -0.00985. The summed E-state index contributed by atoms with van der Waals surface area (Å²) in [6, 6.07) is 17.6. The summed E-state index contributed by atoms with van der Waals surface area (Å²) in [7, 11) is 0. The van der Waals surface area contributed by atoms with Crippen molar-refractivity contribution in [2.24, 2.45) is 0 Å². The molecule has 6 heteroatoms. The first-order valence-corrected chi connectivity index (χ1v) is 9.94. The Morgan fingerprint density at radius 1 is 0.929 bits per heavy atom. The highest BCUT2D eigenvalue weighted by atomic mass is 32.1. The highest BCUT2D eigenvalue weighted by molar-refractivity contribution is 7.09. The van der Waals surface area contributed by atoms with Crippen LogP contribution < -0.4 is 0 Å². The maximum Gasteiger partial charge on any atom is 0.229 e. The van der Waals surface area contributed by atoms with Crippen molar-refractivity contribution in [3.63, 3.8) is 0 Å². The third-order valence-electron chi connectivity index (χ3n) is 4.34. The number of nitrogens with zero attached hydrogens (tertiary/aromatic N) is 2. The van der Waals surface area contributed by atoms with Gasteiger partial charge in [0.15, 0.2) is 0 Å². The van der Waals surface area contributed by atoms with Gasteiger partial charge >= 0.3 is 0 Å². The van der Waals surface area contributed by atoms with Crippen LogP contribution in [0.15, 0.2) is 81.3 Å². The summed E-state index contributed by atoms with van der Waals surface area (Å²) >= 11 is 1.59. The van der Waals surface area contributed by atoms with Gasteiger partial charge in [0.25, 0.3) is 0 Å². The summed E-state index contributed by atoms with van der Waals surface area (Å²) in [5.74, 6) is 1.47. The normalized spacial score (nSPS) is 10.9. The van der Waals surface area contributed by atoms with Crippen molar-refractivity contribution < 1.29 is 13.6 Å². The van der Waals surface area contributed by atoms with E-state index in [1.54, 1.807) is 28.8 Å². The molecule has 0 aliphatic rings. The second-order valence-electron chi connectivity index (χ2n) is 6.48. The second kappa shape index (κ2) is 8.71. The van der Waals surface area contributed by atoms with Crippen LogP contribution in [0.1, 0.15) is 27.8 Å². The van der Waals surface area contributed by atoms with Crippen LogP contribution in [0.4, 0.5) is 0 Å². The Hall–Kier alpha value is -3.12. The van der Waals surface area contributed by atoms with E-state index < -0.39 is 0 Å². The van der Waals surface area contributed by atoms with Gasteiger partial charge in [-0.05, 0) is 29.8 Å². The molecule has 0 radical (unpaired) electrons. The predicted molar refractivity (Wildman–Crippen MR) is 107 cm³/mol. The molecule has 1 aromatic carbocycles. The van der Waals surface area contributed by atoms with E-state index in [1.165, 1.54) is 5.56 Å². The Kier molecular flexibility index (Phi) is 5.68. The maximum atomic E-state index is 12.9. The van der Waals surface area contributed by atoms with Crippen molar-refractivity contribution >= 4 is 17.2 Å². The first kappa shape index (κ1) is 18.3. The number of thiazole rings is 1. The second-order valence-corrected chi connectivity index (χ2v) is 7.42. The van der Waals surface area contributed by atoms with E-state index in [0.717, 1.165) is 28.6 Å². The number of hydrogen-bond donors (Lipinski definition) is 0. The molecule has 0 unspecified atom stereocenters. The fourth-order valence-corrected chi connectivity index (χ4v) is 3.79. The molecule has 0 saturated heterocycles. The monoisotopic (exact) mass is 392 g/mol. The molecule has 0 saturated carbocycles. The van der Waals surface area contributed by atoms with Crippen LogP contribution in [0.2, 0.25) is 0 Å². The molecular weight excluding hydrogens is 372 g/mol. The van der Waals surface area contributed by atoms with Gasteiger partial charge < -0.3 is 13.7 Å². The van der Waals surface area contributed by atoms with Crippen molar-refractivity contribution in [3.8, 4) is 0 Å². The molecule has 142 valence electrons. The molecule has 0 bridgehead atoms. The molecule has 0 aliphatic heterocycles. The standard InChI is InChI=1S/C22H20N2O3S/c25-22(13-18-16-28-21(23-18)12-17-6-2-1-3-7-17)24(14-19-8-4-10-26-19)15-20-9-5-11-27-20/h1-11,16H,12-15H2. The van der Waals surface area contributed by atoms with Crippen LogP contribution in [-0.4, -0.2) is 15.8 Å². The third kappa shape index (κ3) is 4.78. The first-order valence-electron chi connectivity index (χ1n) is 9.06. The lowest BCUT2D eigenvalue weighted by molar-refractivity contribution is -0.132. The molecule has 3 heterocycles. The molecule has 0 N–H and O–H groups in total. The topological polar surface area (TPSA) is 59.5 Å². The minimum absolute atomic E-state index is 0.00985. The van der Waals surface area contributed by atoms with E-state index in [0.29, 0.717) is 13.1 Å². The van der Waals surface area contributed by atoms with Gasteiger partial charge in [0, 0.05) is 11.8 Å². The molecular formula is C22H20N2O3S. The molecule has 1 amide bonds. The van der Waals surface area contributed by atoms with Gasteiger partial charge in [0.05, 0.1) is 42.7 Å². The fraction of sp³-hybridized carbons (Fsp3) is 0.182. The van der Waals surface area contributed by atoms with Crippen LogP contribution in [0.5, 0.6) is 0 Å². The fourth-order valence-electron chi connectivity index (χ4n) is 2.96. The van der Waals surface area contributed by atoms with Crippen molar-refractivity contribution in [2.45, 2.75) is 25.9 Å². The minimum Gasteiger partial charge on any atom is -0.467 e. The number of hydrogen-bond acceptors (Lipinski definition) is 5. The van der Waals surface area contributed by atoms with Gasteiger partial charge in [0.2, 0.25) is 5.91 Å². The van der Waals surface area contributed by atoms with E-state index in [1.807, 2.05) is 47.8 Å². The lowest BCUT2D eigenvalue weighted by Crippen LogP contribution is -2.31. The smallest absolute Gasteiger partial charge is 0.229 e. The molecule has 5 nitrogen and oxygen atoms in total. The van der Waals surface area contributed by atoms with Crippen LogP contribution in [0.3, 0.4) is 0 Å². The van der Waals surface area contributed by atoms with E-state index in [2.05, 4.69) is 17.1 Å². The average molecular weight is 392 g/mol. The Bertz CT molecular complexity index is 956. The number of furan rings is 2. The van der Waals surface area contributed by atoms with Crippen molar-refractivity contribution in [1.29, 1.82) is 0 Å². The zero-order valence-electron chi connectivity index (χ0n) is 15.3. The number of rotatable bonds is 8. The summed E-state index contributed by atoms with van der Waals surface area (Å²) in [4.78, 5) is 19.3. The highest BCUT2D eigenvalue weighted by Gasteiger charge is 2.19. The third-order valence-corrected chi connectivity index (χ3v) is 5.23. The zero-order chi connectivity index (χ0) is 19.2. The van der Waals surface area contributed by atoms with E-state index >= 15 is 0 Å². The van der Waals surface area contributed by atoms with Crippen LogP contribution >= 0.6 is 11.3 Å². The predicted octanol–water partition coefficient (Wildman–Crippen LogP) is 4.69. The summed E-state index contributed by atoms with van der Waals surface area (Å²) in [5.41, 5.74) is 2.01. The SMILES string of the molecule is O=C(Cc1csc(Cc2ccccc2)n1)N(Cc1ccco1)Cc1ccco1. The Morgan fingerprint density at radius 2 is 1.61 bits per heavy atom. The van der Waals surface area contributed by atoms with Crippen molar-refractivity contribution in [1.82, 2.24) is 9.88 Å². The first-order chi connectivity index (χ1) is 13.8. The van der Waals surface area contributed by atoms with E-state index in [-0.39, 0.29) is 12.3 Å². The van der Waals surface area contributed by atoms with Gasteiger partial charge in [-0.25, -0.2) is 4.98 Å². The summed E-state index contributed by atoms with van der Waals surface area (Å²) in [6.07, 6.45) is 4.26. The van der Waals surface area contributed by atoms with Crippen LogP contribution in [0.25, 0.3) is 0 Å². The molecule has 0 spiro atoms. The van der Waals surface area contributed by atoms with Gasteiger partial charge in [-0.15, -0.1) is 11.3 Å². The van der Waals surface area contributed by atoms with Crippen molar-refractivity contribution in [3.05, 3.63) is 100 Å². The largest absolute Gasteiger partial charge is 0.467 e. The number of carbonyl (C=O) groups excluding carboxylic acids is 1. The zero-order valence-corrected chi connectivity index (χ0v) is 16.1. The molecule has 3 aromatic heterocycles. The molecule has 0 atom stereocenters. The maximum absolute atomic E-state index is 12.9. The molecule has 28 heavy (non-hydrogen) atoms. The van der Waals surface area contributed by atoms with Gasteiger partial charge in [-0.1, -0.05) is 30.3 Å². The highest BCUT2D eigenvalue weighted by Crippen LogP contribution is 2.17. The average Bonchev–Trinajstić information content (AvgIpc) is 3.46.